The third kappa shape index (κ3) is 5.75. The van der Waals surface area contributed by atoms with Crippen LogP contribution in [0.25, 0.3) is 22.4 Å². The summed E-state index contributed by atoms with van der Waals surface area (Å²) < 4.78 is 3.71. The minimum atomic E-state index is -1.11. The smallest absolute Gasteiger partial charge is 0.323 e. The van der Waals surface area contributed by atoms with E-state index in [1.807, 2.05) is 29.2 Å². The Kier molecular flexibility index (Phi) is 7.79. The number of pyridine rings is 1. The average Bonchev–Trinajstić information content (AvgIpc) is 3.19. The Hall–Kier alpha value is -3.50. The number of likely N-dealkylation sites (tertiary alicyclic amines) is 1. The predicted molar refractivity (Wildman–Crippen MR) is 140 cm³/mol. The van der Waals surface area contributed by atoms with Crippen LogP contribution in [-0.2, 0) is 29.7 Å². The lowest BCUT2D eigenvalue weighted by molar-refractivity contribution is -0.142. The Labute approximate surface area is 215 Å². The molecule has 3 atom stereocenters. The number of benzene rings is 1. The third-order valence-electron chi connectivity index (χ3n) is 7.11. The van der Waals surface area contributed by atoms with Crippen molar-refractivity contribution in [2.24, 2.45) is 13.0 Å². The highest BCUT2D eigenvalue weighted by atomic mass is 16.4. The zero-order valence-corrected chi connectivity index (χ0v) is 21.8. The fourth-order valence-electron chi connectivity index (χ4n) is 5.13. The minimum absolute atomic E-state index is 0.0600. The number of hydrogen-bond acceptors (Lipinski definition) is 6. The van der Waals surface area contributed by atoms with Gasteiger partial charge in [0.25, 0.3) is 5.56 Å². The van der Waals surface area contributed by atoms with Crippen molar-refractivity contribution in [2.75, 3.05) is 13.1 Å². The molecular formula is C27H35N5O5. The van der Waals surface area contributed by atoms with Gasteiger partial charge in [0.05, 0.1) is 17.1 Å². The molecule has 0 radical (unpaired) electrons. The highest BCUT2D eigenvalue weighted by Gasteiger charge is 2.25. The molecule has 4 rings (SSSR count). The number of amides is 1. The van der Waals surface area contributed by atoms with Crippen LogP contribution in [0.15, 0.2) is 35.3 Å². The van der Waals surface area contributed by atoms with Gasteiger partial charge in [-0.1, -0.05) is 6.07 Å². The number of nitrogens with one attached hydrogen (secondary N) is 1. The van der Waals surface area contributed by atoms with Gasteiger partial charge in [-0.05, 0) is 56.4 Å². The van der Waals surface area contributed by atoms with Crippen LogP contribution in [0.2, 0.25) is 0 Å². The fraction of sp³-hybridized carbons (Fsp3) is 0.481. The SMILES string of the molecule is CC(=O)N1CCC[C@@H](Cn2c(-c3cc(C)c(=O)n(C)c3)nc3ccc(CN[C@@H](C(=O)O)[C@@H](C)O)cc32)C1. The molecule has 1 fully saturated rings. The Morgan fingerprint density at radius 2 is 2.03 bits per heavy atom. The van der Waals surface area contributed by atoms with Crippen LogP contribution in [-0.4, -0.2) is 66.3 Å². The molecule has 2 aromatic heterocycles. The number of carboxylic acid groups (broad SMARTS) is 1. The van der Waals surface area contributed by atoms with Crippen molar-refractivity contribution in [3.8, 4) is 11.4 Å². The van der Waals surface area contributed by atoms with Gasteiger partial charge in [-0.25, -0.2) is 4.98 Å². The van der Waals surface area contributed by atoms with Gasteiger partial charge in [-0.15, -0.1) is 0 Å². The molecule has 198 valence electrons. The van der Waals surface area contributed by atoms with Crippen LogP contribution in [0, 0.1) is 12.8 Å². The molecule has 1 aliphatic heterocycles. The van der Waals surface area contributed by atoms with E-state index < -0.39 is 18.1 Å². The van der Waals surface area contributed by atoms with Crippen molar-refractivity contribution < 1.29 is 19.8 Å². The van der Waals surface area contributed by atoms with Gasteiger partial charge >= 0.3 is 5.97 Å². The molecule has 0 unspecified atom stereocenters. The number of nitrogens with zero attached hydrogens (tertiary/aromatic N) is 4. The summed E-state index contributed by atoms with van der Waals surface area (Å²) in [4.78, 5) is 42.6. The second-order valence-electron chi connectivity index (χ2n) is 10.1. The molecular weight excluding hydrogens is 474 g/mol. The van der Waals surface area contributed by atoms with Crippen molar-refractivity contribution in [2.45, 2.75) is 58.8 Å². The number of aryl methyl sites for hydroxylation is 2. The van der Waals surface area contributed by atoms with Crippen LogP contribution in [0.1, 0.15) is 37.8 Å². The molecule has 10 heteroatoms. The summed E-state index contributed by atoms with van der Waals surface area (Å²) in [7, 11) is 1.72. The molecule has 0 bridgehead atoms. The highest BCUT2D eigenvalue weighted by molar-refractivity contribution is 5.81. The van der Waals surface area contributed by atoms with Crippen LogP contribution < -0.4 is 10.9 Å². The molecule has 0 spiro atoms. The quantitative estimate of drug-likeness (QED) is 0.423. The van der Waals surface area contributed by atoms with Gasteiger partial charge in [0, 0.05) is 57.5 Å². The Bertz CT molecular complexity index is 1350. The lowest BCUT2D eigenvalue weighted by atomic mass is 9.97. The molecule has 1 aromatic carbocycles. The summed E-state index contributed by atoms with van der Waals surface area (Å²) in [6.45, 7) is 7.20. The molecule has 0 aliphatic carbocycles. The van der Waals surface area contributed by atoms with Crippen LogP contribution in [0.4, 0.5) is 0 Å². The topological polar surface area (TPSA) is 130 Å². The molecule has 37 heavy (non-hydrogen) atoms. The van der Waals surface area contributed by atoms with Gasteiger partial charge in [-0.3, -0.25) is 19.7 Å². The van der Waals surface area contributed by atoms with E-state index in [9.17, 15) is 24.6 Å². The summed E-state index contributed by atoms with van der Waals surface area (Å²) in [5, 5.41) is 22.1. The zero-order valence-electron chi connectivity index (χ0n) is 21.8. The molecule has 3 heterocycles. The van der Waals surface area contributed by atoms with Crippen molar-refractivity contribution >= 4 is 22.9 Å². The maximum Gasteiger partial charge on any atom is 0.323 e. The molecule has 0 saturated carbocycles. The summed E-state index contributed by atoms with van der Waals surface area (Å²) in [6.07, 6.45) is 2.68. The first-order chi connectivity index (χ1) is 17.5. The summed E-state index contributed by atoms with van der Waals surface area (Å²) in [6, 6.07) is 6.55. The van der Waals surface area contributed by atoms with E-state index in [1.165, 1.54) is 6.92 Å². The number of piperidine rings is 1. The first-order valence-electron chi connectivity index (χ1n) is 12.6. The Morgan fingerprint density at radius 1 is 1.27 bits per heavy atom. The number of carboxylic acids is 1. The van der Waals surface area contributed by atoms with E-state index in [4.69, 9.17) is 4.98 Å². The number of imidazole rings is 1. The number of aromatic nitrogens is 3. The van der Waals surface area contributed by atoms with Crippen LogP contribution in [0.3, 0.4) is 0 Å². The normalized spacial score (nSPS) is 17.6. The molecule has 1 amide bonds. The third-order valence-corrected chi connectivity index (χ3v) is 7.11. The minimum Gasteiger partial charge on any atom is -0.480 e. The van der Waals surface area contributed by atoms with Gasteiger partial charge in [0.2, 0.25) is 5.91 Å². The van der Waals surface area contributed by atoms with Gasteiger partial charge in [0.15, 0.2) is 0 Å². The first-order valence-corrected chi connectivity index (χ1v) is 12.6. The number of carbonyl (C=O) groups excluding carboxylic acids is 1. The van der Waals surface area contributed by atoms with E-state index in [1.54, 1.807) is 31.7 Å². The Balaban J connectivity index is 1.75. The number of aliphatic carboxylic acids is 1. The number of carbonyl (C=O) groups is 2. The highest BCUT2D eigenvalue weighted by Crippen LogP contribution is 2.29. The number of aliphatic hydroxyl groups is 1. The van der Waals surface area contributed by atoms with E-state index in [0.717, 1.165) is 47.4 Å². The van der Waals surface area contributed by atoms with Gasteiger partial charge < -0.3 is 24.2 Å². The van der Waals surface area contributed by atoms with Crippen molar-refractivity contribution in [3.05, 3.63) is 51.9 Å². The van der Waals surface area contributed by atoms with E-state index in [2.05, 4.69) is 9.88 Å². The second-order valence-corrected chi connectivity index (χ2v) is 10.1. The molecule has 3 aromatic rings. The zero-order chi connectivity index (χ0) is 26.9. The van der Waals surface area contributed by atoms with Crippen molar-refractivity contribution in [1.82, 2.24) is 24.3 Å². The van der Waals surface area contributed by atoms with E-state index >= 15 is 0 Å². The number of aliphatic hydroxyl groups excluding tert-OH is 1. The Morgan fingerprint density at radius 3 is 2.68 bits per heavy atom. The lowest BCUT2D eigenvalue weighted by Gasteiger charge is -2.32. The first kappa shape index (κ1) is 26.6. The largest absolute Gasteiger partial charge is 0.480 e. The summed E-state index contributed by atoms with van der Waals surface area (Å²) in [5.74, 6) is -0.0451. The number of fused-ring (bicyclic) bond motifs is 1. The van der Waals surface area contributed by atoms with Crippen LogP contribution >= 0.6 is 0 Å². The maximum atomic E-state index is 12.3. The lowest BCUT2D eigenvalue weighted by Crippen LogP contribution is -2.44. The van der Waals surface area contributed by atoms with E-state index in [0.29, 0.717) is 18.7 Å². The predicted octanol–water partition coefficient (Wildman–Crippen LogP) is 1.89. The van der Waals surface area contributed by atoms with Crippen molar-refractivity contribution in [1.29, 1.82) is 0 Å². The number of hydrogen-bond donors (Lipinski definition) is 3. The molecule has 1 saturated heterocycles. The molecule has 1 aliphatic rings. The molecule has 10 nitrogen and oxygen atoms in total. The van der Waals surface area contributed by atoms with Crippen molar-refractivity contribution in [3.63, 3.8) is 0 Å². The fourth-order valence-corrected chi connectivity index (χ4v) is 5.13. The summed E-state index contributed by atoms with van der Waals surface area (Å²) >= 11 is 0. The maximum absolute atomic E-state index is 12.3. The van der Waals surface area contributed by atoms with Gasteiger partial charge in [0.1, 0.15) is 11.9 Å². The number of rotatable bonds is 8. The second kappa shape index (κ2) is 10.9. The van der Waals surface area contributed by atoms with E-state index in [-0.39, 0.29) is 23.9 Å². The average molecular weight is 510 g/mol. The standard InChI is InChI=1S/C27H35N5O5/c1-16-10-21(15-30(4)26(16)35)25-29-22-8-7-19(12-28-24(17(2)33)27(36)37)11-23(22)32(25)14-20-6-5-9-31(13-20)18(3)34/h7-8,10-11,15,17,20,24,28,33H,5-6,9,12-14H2,1-4H3,(H,36,37)/t17-,20-,24-/m1/s1. The molecule has 3 N–H and O–H groups in total. The van der Waals surface area contributed by atoms with Gasteiger partial charge in [-0.2, -0.15) is 0 Å². The summed E-state index contributed by atoms with van der Waals surface area (Å²) in [5.41, 5.74) is 3.93. The van der Waals surface area contributed by atoms with Crippen LogP contribution in [0.5, 0.6) is 0 Å². The monoisotopic (exact) mass is 509 g/mol.